The zero-order valence-electron chi connectivity index (χ0n) is 20.5. The molecule has 0 bridgehead atoms. The second-order valence-electron chi connectivity index (χ2n) is 9.05. The van der Waals surface area contributed by atoms with Crippen molar-refractivity contribution in [2.45, 2.75) is 43.2 Å². The number of amides is 1. The molecule has 1 aliphatic carbocycles. The quantitative estimate of drug-likeness (QED) is 0.518. The zero-order valence-corrected chi connectivity index (χ0v) is 20.5. The summed E-state index contributed by atoms with van der Waals surface area (Å²) in [7, 11) is 4.65. The van der Waals surface area contributed by atoms with Gasteiger partial charge >= 0.3 is 0 Å². The average molecular weight is 502 g/mol. The summed E-state index contributed by atoms with van der Waals surface area (Å²) in [5.74, 6) is 1.47. The van der Waals surface area contributed by atoms with Gasteiger partial charge in [0.15, 0.2) is 11.5 Å². The first-order valence-corrected chi connectivity index (χ1v) is 11.8. The van der Waals surface area contributed by atoms with E-state index in [4.69, 9.17) is 33.2 Å². The molecular weight excluding hydrogens is 470 g/mol. The number of hydrogen-bond donors (Lipinski definition) is 1. The lowest BCUT2D eigenvalue weighted by Gasteiger charge is -2.51. The number of aliphatic hydroxyl groups excluding tert-OH is 1. The third-order valence-electron chi connectivity index (χ3n) is 7.01. The second-order valence-corrected chi connectivity index (χ2v) is 9.05. The molecule has 2 aliphatic heterocycles. The Kier molecular flexibility index (Phi) is 7.31. The first-order valence-electron chi connectivity index (χ1n) is 11.8. The molecule has 1 N–H and O–H groups in total. The smallest absolute Gasteiger partial charge is 0.254 e. The third-order valence-corrected chi connectivity index (χ3v) is 7.01. The molecule has 0 aromatic heterocycles. The van der Waals surface area contributed by atoms with Crippen LogP contribution in [-0.2, 0) is 25.5 Å². The summed E-state index contributed by atoms with van der Waals surface area (Å²) in [5.41, 5.74) is 2.26. The number of methoxy groups -OCH3 is 3. The number of nitrogens with zero attached hydrogens (tertiary/aromatic N) is 1. The van der Waals surface area contributed by atoms with Crippen LogP contribution >= 0.6 is 0 Å². The molecule has 0 spiro atoms. The van der Waals surface area contributed by atoms with Crippen LogP contribution in [0.2, 0.25) is 0 Å². The lowest BCUT2D eigenvalue weighted by Crippen LogP contribution is -2.63. The molecule has 2 aromatic rings. The molecule has 5 rings (SSSR count). The minimum Gasteiger partial charge on any atom is -0.497 e. The lowest BCUT2D eigenvalue weighted by atomic mass is 9.70. The van der Waals surface area contributed by atoms with Gasteiger partial charge in [-0.05, 0) is 41.8 Å². The van der Waals surface area contributed by atoms with Crippen molar-refractivity contribution in [1.82, 2.24) is 4.90 Å². The molecule has 2 aromatic carbocycles. The fraction of sp³-hybridized carbons (Fsp3) is 0.500. The van der Waals surface area contributed by atoms with E-state index < -0.39 is 24.4 Å². The minimum atomic E-state index is -0.849. The molecule has 1 saturated carbocycles. The summed E-state index contributed by atoms with van der Waals surface area (Å²) < 4.78 is 38.7. The number of fused-ring (bicyclic) bond motifs is 4. The Bertz CT molecular complexity index is 1080. The highest BCUT2D eigenvalue weighted by molar-refractivity contribution is 5.98. The molecule has 5 atom stereocenters. The van der Waals surface area contributed by atoms with Gasteiger partial charge < -0.3 is 43.2 Å². The van der Waals surface area contributed by atoms with Gasteiger partial charge in [-0.2, -0.15) is 0 Å². The van der Waals surface area contributed by atoms with Crippen LogP contribution in [0.4, 0.5) is 0 Å². The Morgan fingerprint density at radius 2 is 1.64 bits per heavy atom. The van der Waals surface area contributed by atoms with Crippen molar-refractivity contribution < 1.29 is 43.1 Å². The molecule has 0 radical (unpaired) electrons. The SMILES string of the molecule is COCO[C@@H]1[C@H](OCOC)[C@@H](O)C[C@@H]2c3cc4c(cc3C(=O)N(Cc3ccc(OC)cc3)[C@@H]12)OCO4. The van der Waals surface area contributed by atoms with Gasteiger partial charge in [0.1, 0.15) is 31.5 Å². The molecule has 0 saturated heterocycles. The van der Waals surface area contributed by atoms with Crippen molar-refractivity contribution in [3.05, 3.63) is 53.1 Å². The van der Waals surface area contributed by atoms with Crippen LogP contribution in [0.25, 0.3) is 0 Å². The number of carbonyl (C=O) groups excluding carboxylic acids is 1. The van der Waals surface area contributed by atoms with Crippen molar-refractivity contribution in [2.75, 3.05) is 41.7 Å². The maximum absolute atomic E-state index is 14.0. The van der Waals surface area contributed by atoms with Crippen LogP contribution in [0.1, 0.15) is 33.8 Å². The largest absolute Gasteiger partial charge is 0.497 e. The molecule has 10 heteroatoms. The maximum Gasteiger partial charge on any atom is 0.254 e. The van der Waals surface area contributed by atoms with Crippen molar-refractivity contribution in [2.24, 2.45) is 0 Å². The van der Waals surface area contributed by atoms with Crippen molar-refractivity contribution in [3.8, 4) is 17.2 Å². The highest BCUT2D eigenvalue weighted by Gasteiger charge is 2.53. The van der Waals surface area contributed by atoms with Crippen molar-refractivity contribution in [1.29, 1.82) is 0 Å². The first-order chi connectivity index (χ1) is 17.5. The van der Waals surface area contributed by atoms with Crippen LogP contribution in [0.3, 0.4) is 0 Å². The van der Waals surface area contributed by atoms with Gasteiger partial charge in [0.05, 0.1) is 19.3 Å². The predicted molar refractivity (Wildman–Crippen MR) is 126 cm³/mol. The van der Waals surface area contributed by atoms with Crippen LogP contribution in [0.15, 0.2) is 36.4 Å². The first kappa shape index (κ1) is 24.8. The number of benzene rings is 2. The Balaban J connectivity index is 1.58. The van der Waals surface area contributed by atoms with Gasteiger partial charge in [-0.1, -0.05) is 12.1 Å². The van der Waals surface area contributed by atoms with Gasteiger partial charge in [-0.3, -0.25) is 4.79 Å². The Morgan fingerprint density at radius 1 is 0.972 bits per heavy atom. The summed E-state index contributed by atoms with van der Waals surface area (Å²) in [4.78, 5) is 15.8. The molecule has 1 fully saturated rings. The average Bonchev–Trinajstić information content (AvgIpc) is 3.36. The fourth-order valence-corrected chi connectivity index (χ4v) is 5.42. The van der Waals surface area contributed by atoms with Crippen LogP contribution in [0.5, 0.6) is 17.2 Å². The monoisotopic (exact) mass is 501 g/mol. The topological polar surface area (TPSA) is 105 Å². The molecule has 3 aliphatic rings. The number of ether oxygens (including phenoxy) is 7. The van der Waals surface area contributed by atoms with Crippen LogP contribution < -0.4 is 14.2 Å². The Labute approximate surface area is 209 Å². The Morgan fingerprint density at radius 3 is 2.31 bits per heavy atom. The van der Waals surface area contributed by atoms with E-state index in [0.29, 0.717) is 30.0 Å². The number of rotatable bonds is 9. The number of hydrogen-bond acceptors (Lipinski definition) is 9. The standard InChI is InChI=1S/C26H31NO9/c1-30-12-35-24-20(28)8-18-17-9-21-22(34-14-33-21)10-19(17)26(29)27(23(18)25(24)36-13-31-2)11-15-4-6-16(32-3)7-5-15/h4-7,9-10,18,20,23-25,28H,8,11-14H2,1-3H3/t18-,20+,23-,24-,25+/m1/s1. The zero-order chi connectivity index (χ0) is 25.2. The number of carbonyl (C=O) groups is 1. The molecular formula is C26H31NO9. The molecule has 10 nitrogen and oxygen atoms in total. The van der Waals surface area contributed by atoms with Crippen molar-refractivity contribution >= 4 is 5.91 Å². The van der Waals surface area contributed by atoms with Gasteiger partial charge in [0, 0.05) is 32.2 Å². The molecule has 194 valence electrons. The Hall–Kier alpha value is -2.89. The molecule has 36 heavy (non-hydrogen) atoms. The van der Waals surface area contributed by atoms with Gasteiger partial charge in [-0.15, -0.1) is 0 Å². The van der Waals surface area contributed by atoms with E-state index in [1.165, 1.54) is 14.2 Å². The maximum atomic E-state index is 14.0. The fourth-order valence-electron chi connectivity index (χ4n) is 5.42. The second kappa shape index (κ2) is 10.6. The van der Waals surface area contributed by atoms with Gasteiger partial charge in [0.2, 0.25) is 6.79 Å². The minimum absolute atomic E-state index is 0.0202. The summed E-state index contributed by atoms with van der Waals surface area (Å²) in [6.45, 7) is 0.392. The van der Waals surface area contributed by atoms with Crippen LogP contribution in [0, 0.1) is 0 Å². The van der Waals surface area contributed by atoms with E-state index in [-0.39, 0.29) is 32.2 Å². The van der Waals surface area contributed by atoms with Gasteiger partial charge in [-0.25, -0.2) is 0 Å². The summed E-state index contributed by atoms with van der Waals surface area (Å²) in [5, 5.41) is 11.1. The molecule has 2 heterocycles. The summed E-state index contributed by atoms with van der Waals surface area (Å²) in [6, 6.07) is 10.7. The predicted octanol–water partition coefficient (Wildman–Crippen LogP) is 2.27. The number of aliphatic hydroxyl groups is 1. The highest BCUT2D eigenvalue weighted by Crippen LogP contribution is 2.48. The van der Waals surface area contributed by atoms with E-state index in [0.717, 1.165) is 16.9 Å². The van der Waals surface area contributed by atoms with E-state index >= 15 is 0 Å². The lowest BCUT2D eigenvalue weighted by molar-refractivity contribution is -0.218. The van der Waals surface area contributed by atoms with E-state index in [9.17, 15) is 9.90 Å². The summed E-state index contributed by atoms with van der Waals surface area (Å²) >= 11 is 0. The molecule has 1 amide bonds. The van der Waals surface area contributed by atoms with Crippen LogP contribution in [-0.4, -0.2) is 82.0 Å². The van der Waals surface area contributed by atoms with E-state index in [2.05, 4.69) is 0 Å². The van der Waals surface area contributed by atoms with Crippen molar-refractivity contribution in [3.63, 3.8) is 0 Å². The normalized spacial score (nSPS) is 26.5. The summed E-state index contributed by atoms with van der Waals surface area (Å²) in [6.07, 6.45) is -1.87. The third kappa shape index (κ3) is 4.51. The van der Waals surface area contributed by atoms with E-state index in [1.54, 1.807) is 18.1 Å². The molecule has 0 unspecified atom stereocenters. The highest BCUT2D eigenvalue weighted by atomic mass is 16.7. The van der Waals surface area contributed by atoms with E-state index in [1.807, 2.05) is 30.3 Å². The van der Waals surface area contributed by atoms with Gasteiger partial charge in [0.25, 0.3) is 5.91 Å².